The van der Waals surface area contributed by atoms with Crippen LogP contribution in [0, 0.1) is 5.82 Å². The third-order valence-corrected chi connectivity index (χ3v) is 3.20. The number of methoxy groups -OCH3 is 1. The molecule has 0 aliphatic heterocycles. The van der Waals surface area contributed by atoms with E-state index < -0.39 is 35.9 Å². The monoisotopic (exact) mass is 374 g/mol. The largest absolute Gasteiger partial charge is 0.479 e. The van der Waals surface area contributed by atoms with Gasteiger partial charge in [-0.3, -0.25) is 14.3 Å². The van der Waals surface area contributed by atoms with Crippen LogP contribution in [0.3, 0.4) is 0 Å². The minimum absolute atomic E-state index is 0.0544. The van der Waals surface area contributed by atoms with Crippen LogP contribution in [0.1, 0.15) is 15.9 Å². The molecule has 140 valence electrons. The Balaban J connectivity index is 2.00. The molecule has 0 aliphatic rings. The zero-order valence-corrected chi connectivity index (χ0v) is 13.6. The zero-order valence-electron chi connectivity index (χ0n) is 13.6. The van der Waals surface area contributed by atoms with Crippen molar-refractivity contribution in [3.63, 3.8) is 0 Å². The van der Waals surface area contributed by atoms with E-state index in [9.17, 15) is 27.2 Å². The molecule has 0 fully saturated rings. The Morgan fingerprint density at radius 1 is 1.31 bits per heavy atom. The third kappa shape index (κ3) is 4.49. The van der Waals surface area contributed by atoms with Gasteiger partial charge in [-0.15, -0.1) is 5.10 Å². The Hall–Kier alpha value is -3.11. The maximum Gasteiger partial charge on any atom is 0.419 e. The van der Waals surface area contributed by atoms with Crippen molar-refractivity contribution in [2.75, 3.05) is 19.0 Å². The van der Waals surface area contributed by atoms with Gasteiger partial charge in [0.25, 0.3) is 5.91 Å². The van der Waals surface area contributed by atoms with Crippen LogP contribution >= 0.6 is 0 Å². The summed E-state index contributed by atoms with van der Waals surface area (Å²) < 4.78 is 57.4. The molecule has 2 N–H and O–H groups in total. The number of benzene rings is 1. The number of aromatic nitrogens is 2. The molecule has 2 rings (SSSR count). The van der Waals surface area contributed by atoms with Gasteiger partial charge in [-0.05, 0) is 18.2 Å². The first-order valence-corrected chi connectivity index (χ1v) is 7.14. The first-order chi connectivity index (χ1) is 12.1. The normalized spacial score (nSPS) is 11.2. The van der Waals surface area contributed by atoms with Crippen LogP contribution < -0.4 is 15.4 Å². The van der Waals surface area contributed by atoms with Crippen molar-refractivity contribution in [1.29, 1.82) is 0 Å². The van der Waals surface area contributed by atoms with E-state index in [4.69, 9.17) is 4.74 Å². The average Bonchev–Trinajstić information content (AvgIpc) is 2.94. The minimum Gasteiger partial charge on any atom is -0.479 e. The molecule has 2 amide bonds. The number of rotatable bonds is 5. The highest BCUT2D eigenvalue weighted by Gasteiger charge is 2.34. The van der Waals surface area contributed by atoms with Gasteiger partial charge < -0.3 is 15.4 Å². The van der Waals surface area contributed by atoms with Gasteiger partial charge in [-0.25, -0.2) is 4.39 Å². The van der Waals surface area contributed by atoms with Crippen molar-refractivity contribution in [3.05, 3.63) is 41.3 Å². The fourth-order valence-corrected chi connectivity index (χ4v) is 2.06. The Morgan fingerprint density at radius 3 is 2.62 bits per heavy atom. The fraction of sp³-hybridized carbons (Fsp3) is 0.267. The first-order valence-electron chi connectivity index (χ1n) is 7.14. The Kier molecular flexibility index (Phi) is 5.48. The number of ether oxygens (including phenoxy) is 1. The summed E-state index contributed by atoms with van der Waals surface area (Å²) in [6.45, 7) is -0.518. The number of carbonyl (C=O) groups excluding carboxylic acids is 2. The number of carbonyl (C=O) groups is 2. The highest BCUT2D eigenvalue weighted by atomic mass is 19.4. The lowest BCUT2D eigenvalue weighted by molar-refractivity contribution is -0.140. The smallest absolute Gasteiger partial charge is 0.419 e. The predicted molar refractivity (Wildman–Crippen MR) is 82.1 cm³/mol. The molecule has 0 saturated heterocycles. The van der Waals surface area contributed by atoms with Crippen LogP contribution in [0.5, 0.6) is 5.88 Å². The average molecular weight is 374 g/mol. The zero-order chi connectivity index (χ0) is 19.5. The number of amides is 2. The molecule has 2 aromatic rings. The second-order valence-corrected chi connectivity index (χ2v) is 5.15. The van der Waals surface area contributed by atoms with Crippen molar-refractivity contribution < 1.29 is 31.9 Å². The van der Waals surface area contributed by atoms with Crippen molar-refractivity contribution in [2.24, 2.45) is 7.05 Å². The molecule has 0 spiro atoms. The van der Waals surface area contributed by atoms with E-state index >= 15 is 0 Å². The summed E-state index contributed by atoms with van der Waals surface area (Å²) in [6, 6.07) is 2.05. The van der Waals surface area contributed by atoms with Gasteiger partial charge in [0.1, 0.15) is 11.4 Å². The highest BCUT2D eigenvalue weighted by Crippen LogP contribution is 2.32. The molecule has 0 atom stereocenters. The second kappa shape index (κ2) is 7.42. The lowest BCUT2D eigenvalue weighted by Crippen LogP contribution is -2.33. The number of hydrogen-bond donors (Lipinski definition) is 2. The fourth-order valence-electron chi connectivity index (χ4n) is 2.06. The topological polar surface area (TPSA) is 85.2 Å². The number of nitrogens with zero attached hydrogens (tertiary/aromatic N) is 2. The van der Waals surface area contributed by atoms with Crippen molar-refractivity contribution >= 4 is 17.5 Å². The van der Waals surface area contributed by atoms with E-state index in [0.717, 1.165) is 6.07 Å². The number of hydrogen-bond acceptors (Lipinski definition) is 4. The maximum absolute atomic E-state index is 13.2. The highest BCUT2D eigenvalue weighted by molar-refractivity contribution is 6.00. The van der Waals surface area contributed by atoms with Gasteiger partial charge in [0, 0.05) is 18.9 Å². The van der Waals surface area contributed by atoms with Crippen molar-refractivity contribution in [1.82, 2.24) is 15.1 Å². The quantitative estimate of drug-likeness (QED) is 0.784. The standard InChI is InChI=1S/C15H14F4N4O3/c1-23-7-9(14(22-23)26-2)13(25)20-6-12(24)21-8-3-4-11(16)10(5-8)15(17,18)19/h3-5,7H,6H2,1-2H3,(H,20,25)(H,21,24). The van der Waals surface area contributed by atoms with Gasteiger partial charge in [-0.2, -0.15) is 13.2 Å². The lowest BCUT2D eigenvalue weighted by atomic mass is 10.2. The number of halogens is 4. The van der Waals surface area contributed by atoms with Gasteiger partial charge in [0.05, 0.1) is 19.2 Å². The molecule has 26 heavy (non-hydrogen) atoms. The molecular formula is C15H14F4N4O3. The lowest BCUT2D eigenvalue weighted by Gasteiger charge is -2.11. The summed E-state index contributed by atoms with van der Waals surface area (Å²) in [5.74, 6) is -2.84. The van der Waals surface area contributed by atoms with Crippen LogP contribution in [-0.4, -0.2) is 35.2 Å². The summed E-state index contributed by atoms with van der Waals surface area (Å²) in [4.78, 5) is 23.8. The predicted octanol–water partition coefficient (Wildman–Crippen LogP) is 1.96. The van der Waals surface area contributed by atoms with Gasteiger partial charge in [0.2, 0.25) is 11.8 Å². The van der Waals surface area contributed by atoms with E-state index in [-0.39, 0.29) is 17.1 Å². The van der Waals surface area contributed by atoms with E-state index in [1.54, 1.807) is 7.05 Å². The molecule has 0 bridgehead atoms. The SMILES string of the molecule is COc1nn(C)cc1C(=O)NCC(=O)Nc1ccc(F)c(C(F)(F)F)c1. The molecule has 7 nitrogen and oxygen atoms in total. The number of aryl methyl sites for hydroxylation is 1. The summed E-state index contributed by atoms with van der Waals surface area (Å²) in [5, 5.41) is 8.31. The maximum atomic E-state index is 13.2. The molecule has 0 saturated carbocycles. The Bertz CT molecular complexity index is 833. The molecule has 0 radical (unpaired) electrons. The molecule has 1 heterocycles. The van der Waals surface area contributed by atoms with Crippen LogP contribution in [0.4, 0.5) is 23.2 Å². The number of nitrogens with one attached hydrogen (secondary N) is 2. The number of anilines is 1. The van der Waals surface area contributed by atoms with Crippen LogP contribution in [0.2, 0.25) is 0 Å². The third-order valence-electron chi connectivity index (χ3n) is 3.20. The Morgan fingerprint density at radius 2 is 2.00 bits per heavy atom. The van der Waals surface area contributed by atoms with Gasteiger partial charge >= 0.3 is 6.18 Å². The molecule has 11 heteroatoms. The van der Waals surface area contributed by atoms with Crippen molar-refractivity contribution in [2.45, 2.75) is 6.18 Å². The van der Waals surface area contributed by atoms with E-state index in [1.807, 2.05) is 0 Å². The number of alkyl halides is 3. The van der Waals surface area contributed by atoms with Crippen LogP contribution in [0.25, 0.3) is 0 Å². The summed E-state index contributed by atoms with van der Waals surface area (Å²) in [5.41, 5.74) is -1.67. The molecular weight excluding hydrogens is 360 g/mol. The summed E-state index contributed by atoms with van der Waals surface area (Å²) >= 11 is 0. The van der Waals surface area contributed by atoms with E-state index in [0.29, 0.717) is 12.1 Å². The molecule has 0 unspecified atom stereocenters. The van der Waals surface area contributed by atoms with E-state index in [1.165, 1.54) is 18.0 Å². The van der Waals surface area contributed by atoms with Crippen LogP contribution in [-0.2, 0) is 18.0 Å². The minimum atomic E-state index is -4.89. The first kappa shape index (κ1) is 19.2. The van der Waals surface area contributed by atoms with Gasteiger partial charge in [-0.1, -0.05) is 0 Å². The summed E-state index contributed by atoms with van der Waals surface area (Å²) in [6.07, 6.45) is -3.52. The molecule has 0 aliphatic carbocycles. The molecule has 1 aromatic carbocycles. The van der Waals surface area contributed by atoms with E-state index in [2.05, 4.69) is 15.7 Å². The summed E-state index contributed by atoms with van der Waals surface area (Å²) in [7, 11) is 2.89. The molecule has 1 aromatic heterocycles. The van der Waals surface area contributed by atoms with Gasteiger partial charge in [0.15, 0.2) is 0 Å². The van der Waals surface area contributed by atoms with Crippen molar-refractivity contribution in [3.8, 4) is 5.88 Å². The van der Waals surface area contributed by atoms with Crippen LogP contribution in [0.15, 0.2) is 24.4 Å². The second-order valence-electron chi connectivity index (χ2n) is 5.15. The Labute approximate surface area is 144 Å².